The number of carbonyl (C=O) groups excluding carboxylic acids is 2. The summed E-state index contributed by atoms with van der Waals surface area (Å²) in [4.78, 5) is 26.0. The minimum absolute atomic E-state index is 0.0348. The van der Waals surface area contributed by atoms with Crippen LogP contribution in [0.5, 0.6) is 0 Å². The molecule has 0 saturated heterocycles. The number of hydrogen-bond donors (Lipinski definition) is 2. The van der Waals surface area contributed by atoms with Crippen molar-refractivity contribution in [2.24, 2.45) is 0 Å². The van der Waals surface area contributed by atoms with Gasteiger partial charge < -0.3 is 10.6 Å². The molecule has 5 heteroatoms. The van der Waals surface area contributed by atoms with Crippen LogP contribution in [-0.4, -0.2) is 18.9 Å². The Labute approximate surface area is 147 Å². The lowest BCUT2D eigenvalue weighted by molar-refractivity contribution is 0.0949. The van der Waals surface area contributed by atoms with E-state index in [0.717, 1.165) is 29.7 Å². The van der Waals surface area contributed by atoms with Gasteiger partial charge in [-0.05, 0) is 42.2 Å². The van der Waals surface area contributed by atoms with E-state index in [1.807, 2.05) is 18.2 Å². The van der Waals surface area contributed by atoms with E-state index >= 15 is 0 Å². The van der Waals surface area contributed by atoms with Gasteiger partial charge in [-0.1, -0.05) is 32.4 Å². The molecule has 1 aromatic carbocycles. The van der Waals surface area contributed by atoms with Gasteiger partial charge in [0.2, 0.25) is 0 Å². The molecule has 0 saturated carbocycles. The van der Waals surface area contributed by atoms with Gasteiger partial charge in [-0.15, -0.1) is 11.3 Å². The number of carbonyl (C=O) groups is 2. The molecule has 2 aromatic rings. The van der Waals surface area contributed by atoms with Crippen LogP contribution >= 0.6 is 11.3 Å². The van der Waals surface area contributed by atoms with E-state index in [2.05, 4.69) is 24.5 Å². The second-order valence-corrected chi connectivity index (χ2v) is 6.76. The molecular formula is C19H24N2O2S. The van der Waals surface area contributed by atoms with Gasteiger partial charge in [0.15, 0.2) is 0 Å². The van der Waals surface area contributed by atoms with E-state index < -0.39 is 0 Å². The SMILES string of the molecule is CCCc1sc(C(=O)NCc2ccc(C(=O)NC)cc2)cc1CC. The predicted octanol–water partition coefficient (Wildman–Crippen LogP) is 3.55. The molecule has 1 aromatic heterocycles. The monoisotopic (exact) mass is 344 g/mol. The molecule has 0 aliphatic carbocycles. The van der Waals surface area contributed by atoms with E-state index in [1.54, 1.807) is 30.5 Å². The van der Waals surface area contributed by atoms with Gasteiger partial charge in [0.1, 0.15) is 0 Å². The van der Waals surface area contributed by atoms with Gasteiger partial charge in [-0.25, -0.2) is 0 Å². The molecule has 0 aliphatic heterocycles. The Hall–Kier alpha value is -2.14. The van der Waals surface area contributed by atoms with Gasteiger partial charge in [0.25, 0.3) is 11.8 Å². The van der Waals surface area contributed by atoms with Crippen LogP contribution in [0.4, 0.5) is 0 Å². The van der Waals surface area contributed by atoms with Crippen molar-refractivity contribution in [1.29, 1.82) is 0 Å². The lowest BCUT2D eigenvalue weighted by Gasteiger charge is -2.05. The molecule has 2 N–H and O–H groups in total. The van der Waals surface area contributed by atoms with Gasteiger partial charge in [0, 0.05) is 24.0 Å². The Morgan fingerprint density at radius 3 is 2.38 bits per heavy atom. The number of nitrogens with one attached hydrogen (secondary N) is 2. The van der Waals surface area contributed by atoms with E-state index in [0.29, 0.717) is 12.1 Å². The summed E-state index contributed by atoms with van der Waals surface area (Å²) in [5, 5.41) is 5.54. The number of rotatable bonds is 7. The Morgan fingerprint density at radius 2 is 1.79 bits per heavy atom. The Morgan fingerprint density at radius 1 is 1.08 bits per heavy atom. The topological polar surface area (TPSA) is 58.2 Å². The quantitative estimate of drug-likeness (QED) is 0.807. The van der Waals surface area contributed by atoms with Crippen molar-refractivity contribution >= 4 is 23.2 Å². The molecular weight excluding hydrogens is 320 g/mol. The van der Waals surface area contributed by atoms with Crippen LogP contribution in [0.2, 0.25) is 0 Å². The average molecular weight is 344 g/mol. The molecule has 0 unspecified atom stereocenters. The summed E-state index contributed by atoms with van der Waals surface area (Å²) >= 11 is 1.60. The highest BCUT2D eigenvalue weighted by Gasteiger charge is 2.13. The zero-order valence-electron chi connectivity index (χ0n) is 14.4. The summed E-state index contributed by atoms with van der Waals surface area (Å²) in [5.74, 6) is -0.146. The van der Waals surface area contributed by atoms with Crippen molar-refractivity contribution in [2.75, 3.05) is 7.05 Å². The number of thiophene rings is 1. The molecule has 2 rings (SSSR count). The first-order chi connectivity index (χ1) is 11.6. The summed E-state index contributed by atoms with van der Waals surface area (Å²) in [6.07, 6.45) is 3.08. The molecule has 0 radical (unpaired) electrons. The van der Waals surface area contributed by atoms with Crippen LogP contribution in [0.15, 0.2) is 30.3 Å². The van der Waals surface area contributed by atoms with E-state index in [9.17, 15) is 9.59 Å². The van der Waals surface area contributed by atoms with Crippen molar-refractivity contribution < 1.29 is 9.59 Å². The molecule has 24 heavy (non-hydrogen) atoms. The van der Waals surface area contributed by atoms with Crippen LogP contribution in [0, 0.1) is 0 Å². The third kappa shape index (κ3) is 4.45. The maximum Gasteiger partial charge on any atom is 0.261 e. The van der Waals surface area contributed by atoms with Crippen LogP contribution in [0.25, 0.3) is 0 Å². The molecule has 1 heterocycles. The van der Waals surface area contributed by atoms with Gasteiger partial charge >= 0.3 is 0 Å². The largest absolute Gasteiger partial charge is 0.355 e. The number of benzene rings is 1. The Balaban J connectivity index is 1.99. The van der Waals surface area contributed by atoms with Crippen molar-refractivity contribution in [3.05, 3.63) is 56.8 Å². The van der Waals surface area contributed by atoms with Crippen molar-refractivity contribution in [1.82, 2.24) is 10.6 Å². The fourth-order valence-corrected chi connectivity index (χ4v) is 3.78. The Kier molecular flexibility index (Phi) is 6.55. The Bertz CT molecular complexity index is 705. The second kappa shape index (κ2) is 8.64. The summed E-state index contributed by atoms with van der Waals surface area (Å²) in [7, 11) is 1.61. The fraction of sp³-hybridized carbons (Fsp3) is 0.368. The molecule has 0 fully saturated rings. The van der Waals surface area contributed by atoms with Crippen LogP contribution in [0.1, 0.15) is 56.3 Å². The molecule has 0 atom stereocenters. The minimum Gasteiger partial charge on any atom is -0.355 e. The summed E-state index contributed by atoms with van der Waals surface area (Å²) in [6, 6.07) is 9.26. The standard InChI is InChI=1S/C19H24N2O2S/c1-4-6-16-14(5-2)11-17(24-16)19(23)21-12-13-7-9-15(10-8-13)18(22)20-3/h7-11H,4-6,12H2,1-3H3,(H,20,22)(H,21,23). The van der Waals surface area contributed by atoms with Gasteiger partial charge in [-0.2, -0.15) is 0 Å². The lowest BCUT2D eigenvalue weighted by atomic mass is 10.1. The number of aryl methyl sites for hydroxylation is 2. The van der Waals surface area contributed by atoms with E-state index in [4.69, 9.17) is 0 Å². The minimum atomic E-state index is -0.111. The molecule has 4 nitrogen and oxygen atoms in total. The summed E-state index contributed by atoms with van der Waals surface area (Å²) in [6.45, 7) is 4.73. The van der Waals surface area contributed by atoms with E-state index in [1.165, 1.54) is 10.4 Å². The van der Waals surface area contributed by atoms with Gasteiger partial charge in [0.05, 0.1) is 4.88 Å². The first kappa shape index (κ1) is 18.2. The highest BCUT2D eigenvalue weighted by molar-refractivity contribution is 7.14. The predicted molar refractivity (Wildman–Crippen MR) is 98.7 cm³/mol. The van der Waals surface area contributed by atoms with Crippen LogP contribution in [-0.2, 0) is 19.4 Å². The third-order valence-electron chi connectivity index (χ3n) is 3.87. The molecule has 0 bridgehead atoms. The lowest BCUT2D eigenvalue weighted by Crippen LogP contribution is -2.22. The summed E-state index contributed by atoms with van der Waals surface area (Å²) < 4.78 is 0. The average Bonchev–Trinajstić information content (AvgIpc) is 3.03. The van der Waals surface area contributed by atoms with Gasteiger partial charge in [-0.3, -0.25) is 9.59 Å². The first-order valence-electron chi connectivity index (χ1n) is 8.29. The van der Waals surface area contributed by atoms with E-state index in [-0.39, 0.29) is 11.8 Å². The maximum atomic E-state index is 12.4. The number of hydrogen-bond acceptors (Lipinski definition) is 3. The van der Waals surface area contributed by atoms with Crippen molar-refractivity contribution in [3.63, 3.8) is 0 Å². The fourth-order valence-electron chi connectivity index (χ4n) is 2.50. The molecule has 0 spiro atoms. The zero-order valence-corrected chi connectivity index (χ0v) is 15.3. The molecule has 128 valence electrons. The smallest absolute Gasteiger partial charge is 0.261 e. The normalized spacial score (nSPS) is 10.5. The molecule has 0 aliphatic rings. The maximum absolute atomic E-state index is 12.4. The number of amides is 2. The van der Waals surface area contributed by atoms with Crippen molar-refractivity contribution in [3.8, 4) is 0 Å². The zero-order chi connectivity index (χ0) is 17.5. The van der Waals surface area contributed by atoms with Crippen LogP contribution < -0.4 is 10.6 Å². The van der Waals surface area contributed by atoms with Crippen molar-refractivity contribution in [2.45, 2.75) is 39.7 Å². The first-order valence-corrected chi connectivity index (χ1v) is 9.11. The molecule has 2 amide bonds. The third-order valence-corrected chi connectivity index (χ3v) is 5.11. The highest BCUT2D eigenvalue weighted by atomic mass is 32.1. The van der Waals surface area contributed by atoms with Crippen LogP contribution in [0.3, 0.4) is 0 Å². The summed E-state index contributed by atoms with van der Waals surface area (Å²) in [5.41, 5.74) is 2.86. The second-order valence-electron chi connectivity index (χ2n) is 5.62. The highest BCUT2D eigenvalue weighted by Crippen LogP contribution is 2.24.